The number of furan rings is 1. The van der Waals surface area contributed by atoms with Crippen molar-refractivity contribution in [2.75, 3.05) is 0 Å². The summed E-state index contributed by atoms with van der Waals surface area (Å²) in [6.07, 6.45) is 0. The van der Waals surface area contributed by atoms with Crippen molar-refractivity contribution in [3.8, 4) is 16.8 Å². The van der Waals surface area contributed by atoms with Crippen LogP contribution in [0.5, 0.6) is 0 Å². The van der Waals surface area contributed by atoms with Crippen molar-refractivity contribution in [3.05, 3.63) is 108 Å². The molecule has 0 N–H and O–H groups in total. The highest BCUT2D eigenvalue weighted by atomic mass is 32.2. The van der Waals surface area contributed by atoms with Crippen LogP contribution in [0.25, 0.3) is 49.7 Å². The fraction of sp³-hybridized carbons (Fsp3) is 0.0588. The number of rotatable bonds is 1. The summed E-state index contributed by atoms with van der Waals surface area (Å²) in [5.41, 5.74) is 13.8. The summed E-state index contributed by atoms with van der Waals surface area (Å²) >= 11 is 1.90. The molecule has 7 aromatic rings. The van der Waals surface area contributed by atoms with Crippen molar-refractivity contribution in [1.82, 2.24) is 4.57 Å². The van der Waals surface area contributed by atoms with Crippen LogP contribution < -0.4 is 16.4 Å². The summed E-state index contributed by atoms with van der Waals surface area (Å²) in [5, 5.41) is 3.69. The van der Waals surface area contributed by atoms with Gasteiger partial charge in [0.1, 0.15) is 11.2 Å². The Morgan fingerprint density at radius 2 is 1.47 bits per heavy atom. The van der Waals surface area contributed by atoms with Gasteiger partial charge in [-0.1, -0.05) is 90.0 Å². The number of fused-ring (bicyclic) bond motifs is 7. The first kappa shape index (κ1) is 20.9. The molecule has 4 heteroatoms. The van der Waals surface area contributed by atoms with Crippen molar-refractivity contribution in [2.45, 2.75) is 23.6 Å². The Balaban J connectivity index is 1.42. The van der Waals surface area contributed by atoms with Gasteiger partial charge in [0, 0.05) is 48.4 Å². The molecule has 0 saturated carbocycles. The van der Waals surface area contributed by atoms with Gasteiger partial charge >= 0.3 is 0 Å². The molecule has 178 valence electrons. The number of benzene rings is 5. The van der Waals surface area contributed by atoms with E-state index >= 15 is 0 Å². The maximum absolute atomic E-state index is 6.48. The average molecular weight is 503 g/mol. The first-order valence-corrected chi connectivity index (χ1v) is 14.0. The minimum Gasteiger partial charge on any atom is -0.455 e. The van der Waals surface area contributed by atoms with Crippen LogP contribution in [0.15, 0.2) is 111 Å². The number of aromatic nitrogens is 1. The molecular formula is C34H22BNOS. The molecule has 4 heterocycles. The third kappa shape index (κ3) is 2.51. The first-order valence-electron chi connectivity index (χ1n) is 13.2. The van der Waals surface area contributed by atoms with Crippen LogP contribution in [0.3, 0.4) is 0 Å². The Hall–Kier alpha value is -4.15. The van der Waals surface area contributed by atoms with Crippen molar-refractivity contribution >= 4 is 67.7 Å². The number of hydrogen-bond donors (Lipinski definition) is 0. The molecule has 9 rings (SSSR count). The van der Waals surface area contributed by atoms with E-state index in [1.54, 1.807) is 0 Å². The molecule has 2 aromatic heterocycles. The van der Waals surface area contributed by atoms with Crippen LogP contribution in [0, 0.1) is 13.8 Å². The molecule has 2 nitrogen and oxygen atoms in total. The molecule has 2 aliphatic heterocycles. The van der Waals surface area contributed by atoms with Gasteiger partial charge in [0.25, 0.3) is 0 Å². The maximum Gasteiger partial charge on any atom is 0.249 e. The van der Waals surface area contributed by atoms with Crippen LogP contribution in [-0.4, -0.2) is 11.3 Å². The van der Waals surface area contributed by atoms with E-state index in [1.165, 1.54) is 70.4 Å². The zero-order valence-corrected chi connectivity index (χ0v) is 21.9. The van der Waals surface area contributed by atoms with Crippen LogP contribution >= 0.6 is 11.8 Å². The Morgan fingerprint density at radius 3 is 2.42 bits per heavy atom. The summed E-state index contributed by atoms with van der Waals surface area (Å²) in [7, 11) is 0. The van der Waals surface area contributed by atoms with Crippen LogP contribution in [0.1, 0.15) is 11.3 Å². The lowest BCUT2D eigenvalue weighted by atomic mass is 9.35. The van der Waals surface area contributed by atoms with Crippen LogP contribution in [-0.2, 0) is 0 Å². The fourth-order valence-corrected chi connectivity index (χ4v) is 8.09. The Labute approximate surface area is 225 Å². The fourth-order valence-electron chi connectivity index (χ4n) is 6.89. The van der Waals surface area contributed by atoms with Gasteiger partial charge in [-0.3, -0.25) is 0 Å². The molecule has 0 radical (unpaired) electrons. The average Bonchev–Trinajstić information content (AvgIpc) is 3.46. The lowest BCUT2D eigenvalue weighted by Gasteiger charge is -2.34. The lowest BCUT2D eigenvalue weighted by molar-refractivity contribution is 0.670. The summed E-state index contributed by atoms with van der Waals surface area (Å²) < 4.78 is 9.00. The van der Waals surface area contributed by atoms with Gasteiger partial charge in [-0.25, -0.2) is 0 Å². The smallest absolute Gasteiger partial charge is 0.249 e. The van der Waals surface area contributed by atoms with E-state index in [9.17, 15) is 0 Å². The van der Waals surface area contributed by atoms with Gasteiger partial charge in [0.05, 0.1) is 0 Å². The second-order valence-corrected chi connectivity index (χ2v) is 11.6. The largest absolute Gasteiger partial charge is 0.455 e. The molecule has 2 aliphatic rings. The topological polar surface area (TPSA) is 18.1 Å². The molecule has 38 heavy (non-hydrogen) atoms. The molecular weight excluding hydrogens is 481 g/mol. The predicted octanol–water partition coefficient (Wildman–Crippen LogP) is 7.11. The highest BCUT2D eigenvalue weighted by molar-refractivity contribution is 8.00. The van der Waals surface area contributed by atoms with E-state index in [0.29, 0.717) is 0 Å². The van der Waals surface area contributed by atoms with E-state index in [4.69, 9.17) is 4.42 Å². The van der Waals surface area contributed by atoms with Gasteiger partial charge in [0.15, 0.2) is 0 Å². The third-order valence-corrected chi connectivity index (χ3v) is 9.85. The van der Waals surface area contributed by atoms with E-state index in [-0.39, 0.29) is 6.71 Å². The highest BCUT2D eigenvalue weighted by Crippen LogP contribution is 2.42. The monoisotopic (exact) mass is 503 g/mol. The second kappa shape index (κ2) is 7.24. The molecule has 0 unspecified atom stereocenters. The Bertz CT molecular complexity index is 2150. The summed E-state index contributed by atoms with van der Waals surface area (Å²) in [5.74, 6) is 0. The number of hydrogen-bond acceptors (Lipinski definition) is 2. The molecule has 0 aliphatic carbocycles. The van der Waals surface area contributed by atoms with Gasteiger partial charge in [-0.05, 0) is 60.2 Å². The summed E-state index contributed by atoms with van der Waals surface area (Å²) in [4.78, 5) is 2.68. The second-order valence-electron chi connectivity index (χ2n) is 10.5. The van der Waals surface area contributed by atoms with E-state index in [1.807, 2.05) is 17.8 Å². The van der Waals surface area contributed by atoms with Crippen molar-refractivity contribution in [3.63, 3.8) is 0 Å². The van der Waals surface area contributed by atoms with Crippen molar-refractivity contribution < 1.29 is 4.42 Å². The van der Waals surface area contributed by atoms with Crippen molar-refractivity contribution in [1.29, 1.82) is 0 Å². The number of para-hydroxylation sites is 3. The summed E-state index contributed by atoms with van der Waals surface area (Å²) in [6, 6.07) is 35.5. The molecule has 0 bridgehead atoms. The minimum absolute atomic E-state index is 0.235. The molecule has 0 spiro atoms. The molecule has 5 aromatic carbocycles. The first-order chi connectivity index (χ1) is 18.7. The zero-order chi connectivity index (χ0) is 25.1. The quantitative estimate of drug-likeness (QED) is 0.222. The number of aryl methyl sites for hydroxylation is 1. The molecule has 0 fully saturated rings. The summed E-state index contributed by atoms with van der Waals surface area (Å²) in [6.45, 7) is 4.76. The third-order valence-electron chi connectivity index (χ3n) is 8.70. The zero-order valence-electron chi connectivity index (χ0n) is 21.1. The van der Waals surface area contributed by atoms with E-state index < -0.39 is 0 Å². The molecule has 0 atom stereocenters. The maximum atomic E-state index is 6.48. The lowest BCUT2D eigenvalue weighted by Crippen LogP contribution is -2.58. The van der Waals surface area contributed by atoms with Crippen LogP contribution in [0.2, 0.25) is 0 Å². The predicted molar refractivity (Wildman–Crippen MR) is 161 cm³/mol. The molecule has 0 amide bonds. The van der Waals surface area contributed by atoms with Crippen LogP contribution in [0.4, 0.5) is 0 Å². The van der Waals surface area contributed by atoms with Gasteiger partial charge in [0.2, 0.25) is 6.71 Å². The standard InChI is InChI=1S/C34H22BNOS/c1-19-20(2)36-28-17-21(23-11-7-12-25-24-9-3-5-15-29(24)37-34(23)25)18-31-32(28)35(26-13-4-6-16-30(26)38-31)27-14-8-10-22(19)33(27)36/h3-18H,1-2H3. The number of nitrogens with zero attached hydrogens (tertiary/aromatic N) is 1. The Kier molecular flexibility index (Phi) is 3.98. The minimum atomic E-state index is 0.235. The van der Waals surface area contributed by atoms with Gasteiger partial charge in [-0.15, -0.1) is 0 Å². The van der Waals surface area contributed by atoms with Gasteiger partial charge < -0.3 is 8.98 Å². The van der Waals surface area contributed by atoms with Gasteiger partial charge in [-0.2, -0.15) is 0 Å². The Morgan fingerprint density at radius 1 is 0.711 bits per heavy atom. The van der Waals surface area contributed by atoms with E-state index in [0.717, 1.165) is 16.7 Å². The highest BCUT2D eigenvalue weighted by Gasteiger charge is 2.39. The van der Waals surface area contributed by atoms with E-state index in [2.05, 4.69) is 109 Å². The normalized spacial score (nSPS) is 13.4. The molecule has 0 saturated heterocycles. The van der Waals surface area contributed by atoms with Crippen molar-refractivity contribution in [2.24, 2.45) is 0 Å². The SMILES string of the molecule is Cc1c(C)n2c3c(cccc13)B1c3ccccc3Sc3cc(-c4cccc5c4oc4ccccc45)cc-2c31.